The molecule has 0 fully saturated rings. The summed E-state index contributed by atoms with van der Waals surface area (Å²) in [5.41, 5.74) is 5.24. The van der Waals surface area contributed by atoms with E-state index in [1.165, 1.54) is 6.07 Å². The number of nitrogens with two attached hydrogens (primary N) is 1. The number of anilines is 1. The summed E-state index contributed by atoms with van der Waals surface area (Å²) < 4.78 is 4.82. The number of hydrogen-bond donors (Lipinski definition) is 1. The predicted molar refractivity (Wildman–Crippen MR) is 57.5 cm³/mol. The molecule has 0 saturated carbocycles. The fraction of sp³-hybridized carbons (Fsp3) is 0. The van der Waals surface area contributed by atoms with Crippen molar-refractivity contribution in [2.75, 3.05) is 5.73 Å². The first-order chi connectivity index (χ1) is 7.99. The molecule has 9 nitrogen and oxygen atoms in total. The highest BCUT2D eigenvalue weighted by molar-refractivity contribution is 7.19. The molecule has 2 aromatic rings. The van der Waals surface area contributed by atoms with E-state index in [-0.39, 0.29) is 21.6 Å². The first-order valence-corrected chi connectivity index (χ1v) is 4.96. The van der Waals surface area contributed by atoms with Crippen LogP contribution in [-0.4, -0.2) is 14.8 Å². The molecular weight excluding hydrogens is 252 g/mol. The number of hydrogen-bond acceptors (Lipinski definition) is 8. The van der Waals surface area contributed by atoms with Gasteiger partial charge < -0.3 is 10.2 Å². The number of nitrogen functional groups attached to an aromatic ring is 1. The molecule has 10 heteroatoms. The standard InChI is InChI=1S/C7H4N4O5S/c8-7-9-5(6(17-7)11(14)15)3-1-2-4(16-3)10(12)13/h1-2H,(H2,8,9). The number of nitrogens with zero attached hydrogens (tertiary/aromatic N) is 3. The Morgan fingerprint density at radius 1 is 1.29 bits per heavy atom. The molecule has 88 valence electrons. The van der Waals surface area contributed by atoms with Crippen LogP contribution in [0.3, 0.4) is 0 Å². The summed E-state index contributed by atoms with van der Waals surface area (Å²) in [5.74, 6) is -0.572. The van der Waals surface area contributed by atoms with Crippen molar-refractivity contribution < 1.29 is 14.3 Å². The van der Waals surface area contributed by atoms with Crippen molar-refractivity contribution in [3.63, 3.8) is 0 Å². The first kappa shape index (κ1) is 11.0. The highest BCUT2D eigenvalue weighted by Gasteiger charge is 2.26. The molecule has 2 N–H and O–H groups in total. The first-order valence-electron chi connectivity index (χ1n) is 4.14. The van der Waals surface area contributed by atoms with Crippen LogP contribution in [0.25, 0.3) is 11.5 Å². The molecule has 0 amide bonds. The Morgan fingerprint density at radius 2 is 2.00 bits per heavy atom. The van der Waals surface area contributed by atoms with Gasteiger partial charge in [0.25, 0.3) is 0 Å². The van der Waals surface area contributed by atoms with E-state index in [2.05, 4.69) is 4.98 Å². The molecule has 2 rings (SSSR count). The largest absolute Gasteiger partial charge is 0.433 e. The second kappa shape index (κ2) is 3.83. The van der Waals surface area contributed by atoms with Crippen molar-refractivity contribution in [1.82, 2.24) is 4.98 Å². The van der Waals surface area contributed by atoms with Crippen molar-refractivity contribution in [3.8, 4) is 11.5 Å². The predicted octanol–water partition coefficient (Wildman–Crippen LogP) is 1.80. The summed E-state index contributed by atoms with van der Waals surface area (Å²) in [6.45, 7) is 0. The Labute approximate surface area is 96.8 Å². The molecular formula is C7H4N4O5S. The van der Waals surface area contributed by atoms with E-state index >= 15 is 0 Å². The number of thiazole rings is 1. The highest BCUT2D eigenvalue weighted by atomic mass is 32.1. The minimum Gasteiger partial charge on any atom is -0.399 e. The molecule has 2 aromatic heterocycles. The van der Waals surface area contributed by atoms with Crippen LogP contribution < -0.4 is 5.73 Å². The van der Waals surface area contributed by atoms with Crippen molar-refractivity contribution in [2.24, 2.45) is 0 Å². The molecule has 0 radical (unpaired) electrons. The van der Waals surface area contributed by atoms with Crippen LogP contribution in [-0.2, 0) is 0 Å². The highest BCUT2D eigenvalue weighted by Crippen LogP contribution is 2.37. The quantitative estimate of drug-likeness (QED) is 0.652. The number of furan rings is 1. The lowest BCUT2D eigenvalue weighted by molar-refractivity contribution is -0.401. The van der Waals surface area contributed by atoms with Crippen LogP contribution >= 0.6 is 11.3 Å². The lowest BCUT2D eigenvalue weighted by Gasteiger charge is -1.89. The second-order valence-electron chi connectivity index (χ2n) is 2.86. The zero-order valence-electron chi connectivity index (χ0n) is 8.02. The van der Waals surface area contributed by atoms with Gasteiger partial charge in [-0.3, -0.25) is 20.2 Å². The topological polar surface area (TPSA) is 138 Å². The van der Waals surface area contributed by atoms with E-state index in [1.54, 1.807) is 0 Å². The average molecular weight is 256 g/mol. The van der Waals surface area contributed by atoms with Crippen LogP contribution in [0.15, 0.2) is 16.5 Å². The van der Waals surface area contributed by atoms with E-state index in [0.29, 0.717) is 11.3 Å². The molecule has 0 saturated heterocycles. The van der Waals surface area contributed by atoms with Crippen LogP contribution in [0, 0.1) is 20.2 Å². The smallest absolute Gasteiger partial charge is 0.399 e. The molecule has 0 aliphatic heterocycles. The molecule has 0 aliphatic rings. The van der Waals surface area contributed by atoms with Gasteiger partial charge in [0, 0.05) is 0 Å². The summed E-state index contributed by atoms with van der Waals surface area (Å²) in [6.07, 6.45) is 0. The molecule has 0 aromatic carbocycles. The number of rotatable bonds is 3. The van der Waals surface area contributed by atoms with Crippen molar-refractivity contribution in [3.05, 3.63) is 32.4 Å². The van der Waals surface area contributed by atoms with Gasteiger partial charge in [0.15, 0.2) is 16.6 Å². The lowest BCUT2D eigenvalue weighted by Crippen LogP contribution is -1.87. The Morgan fingerprint density at radius 3 is 2.53 bits per heavy atom. The van der Waals surface area contributed by atoms with Gasteiger partial charge in [-0.05, 0) is 17.4 Å². The van der Waals surface area contributed by atoms with E-state index < -0.39 is 15.7 Å². The van der Waals surface area contributed by atoms with Crippen molar-refractivity contribution in [1.29, 1.82) is 0 Å². The summed E-state index contributed by atoms with van der Waals surface area (Å²) in [7, 11) is 0. The van der Waals surface area contributed by atoms with E-state index in [9.17, 15) is 20.2 Å². The van der Waals surface area contributed by atoms with E-state index in [1.807, 2.05) is 0 Å². The number of nitro groups is 2. The van der Waals surface area contributed by atoms with Gasteiger partial charge in [0.1, 0.15) is 4.92 Å². The fourth-order valence-corrected chi connectivity index (χ4v) is 1.82. The summed E-state index contributed by atoms with van der Waals surface area (Å²) in [6, 6.07) is 2.33. The van der Waals surface area contributed by atoms with Crippen LogP contribution in [0.4, 0.5) is 16.0 Å². The maximum absolute atomic E-state index is 10.7. The fourth-order valence-electron chi connectivity index (χ4n) is 1.17. The Kier molecular flexibility index (Phi) is 2.48. The minimum absolute atomic E-state index is 0.00856. The Balaban J connectivity index is 2.52. The van der Waals surface area contributed by atoms with Gasteiger partial charge in [0.2, 0.25) is 0 Å². The maximum Gasteiger partial charge on any atom is 0.433 e. The second-order valence-corrected chi connectivity index (χ2v) is 3.87. The van der Waals surface area contributed by atoms with Gasteiger partial charge in [-0.2, -0.15) is 0 Å². The van der Waals surface area contributed by atoms with Crippen LogP contribution in [0.2, 0.25) is 0 Å². The van der Waals surface area contributed by atoms with E-state index in [4.69, 9.17) is 10.2 Å². The third-order valence-electron chi connectivity index (χ3n) is 1.80. The van der Waals surface area contributed by atoms with Crippen LogP contribution in [0.1, 0.15) is 0 Å². The summed E-state index contributed by atoms with van der Waals surface area (Å²) >= 11 is 0.673. The molecule has 17 heavy (non-hydrogen) atoms. The zero-order chi connectivity index (χ0) is 12.6. The molecule has 0 aliphatic carbocycles. The molecule has 0 spiro atoms. The zero-order valence-corrected chi connectivity index (χ0v) is 8.84. The Hall–Kier alpha value is -2.49. The molecule has 2 heterocycles. The van der Waals surface area contributed by atoms with Gasteiger partial charge in [-0.15, -0.1) is 0 Å². The van der Waals surface area contributed by atoms with Crippen molar-refractivity contribution >= 4 is 27.4 Å². The average Bonchev–Trinajstić information content (AvgIpc) is 2.82. The summed E-state index contributed by atoms with van der Waals surface area (Å²) in [5, 5.41) is 20.8. The molecule has 0 atom stereocenters. The Bertz CT molecular complexity index is 603. The summed E-state index contributed by atoms with van der Waals surface area (Å²) in [4.78, 5) is 23.4. The van der Waals surface area contributed by atoms with Gasteiger partial charge in [-0.1, -0.05) is 0 Å². The van der Waals surface area contributed by atoms with E-state index in [0.717, 1.165) is 6.07 Å². The third-order valence-corrected chi connectivity index (χ3v) is 2.63. The minimum atomic E-state index is -0.745. The lowest BCUT2D eigenvalue weighted by atomic mass is 10.3. The van der Waals surface area contributed by atoms with Gasteiger partial charge in [-0.25, -0.2) is 4.98 Å². The normalized spacial score (nSPS) is 10.4. The van der Waals surface area contributed by atoms with Crippen molar-refractivity contribution in [2.45, 2.75) is 0 Å². The van der Waals surface area contributed by atoms with Crippen LogP contribution in [0.5, 0.6) is 0 Å². The molecule has 0 bridgehead atoms. The molecule has 0 unspecified atom stereocenters. The van der Waals surface area contributed by atoms with Gasteiger partial charge >= 0.3 is 10.9 Å². The SMILES string of the molecule is Nc1nc(-c2ccc([N+](=O)[O-])o2)c([N+](=O)[O-])s1. The third kappa shape index (κ3) is 1.92. The number of aromatic nitrogens is 1. The maximum atomic E-state index is 10.7. The monoisotopic (exact) mass is 256 g/mol. The van der Waals surface area contributed by atoms with Gasteiger partial charge in [0.05, 0.1) is 11.0 Å².